The highest BCUT2D eigenvalue weighted by Crippen LogP contribution is 2.29. The average molecular weight is 441 g/mol. The van der Waals surface area contributed by atoms with Crippen LogP contribution in [0.25, 0.3) is 10.8 Å². The molecule has 0 N–H and O–H groups in total. The molecule has 3 aromatic carbocycles. The summed E-state index contributed by atoms with van der Waals surface area (Å²) < 4.78 is 54.0. The minimum Gasteiger partial charge on any atom is -0.379 e. The van der Waals surface area contributed by atoms with Crippen LogP contribution >= 0.6 is 15.9 Å². The predicted molar refractivity (Wildman–Crippen MR) is 99.0 cm³/mol. The quantitative estimate of drug-likeness (QED) is 0.576. The zero-order chi connectivity index (χ0) is 18.2. The molecule has 0 unspecified atom stereocenters. The Morgan fingerprint density at radius 2 is 1.52 bits per heavy atom. The van der Waals surface area contributed by atoms with E-state index < -0.39 is 20.0 Å². The van der Waals surface area contributed by atoms with Gasteiger partial charge in [0.2, 0.25) is 0 Å². The van der Waals surface area contributed by atoms with Crippen molar-refractivity contribution >= 4 is 46.7 Å². The van der Waals surface area contributed by atoms with Crippen molar-refractivity contribution in [2.24, 2.45) is 0 Å². The first kappa shape index (κ1) is 17.9. The van der Waals surface area contributed by atoms with E-state index in [1.165, 1.54) is 12.1 Å². The van der Waals surface area contributed by atoms with Crippen molar-refractivity contribution in [3.05, 3.63) is 65.1 Å². The minimum absolute atomic E-state index is 0.101. The first-order valence-corrected chi connectivity index (χ1v) is 11.2. The molecule has 3 aromatic rings. The normalized spacial score (nSPS) is 12.2. The van der Waals surface area contributed by atoms with Gasteiger partial charge in [-0.1, -0.05) is 30.3 Å². The first-order valence-electron chi connectivity index (χ1n) is 7.10. The van der Waals surface area contributed by atoms with E-state index in [0.29, 0.717) is 0 Å². The fourth-order valence-electron chi connectivity index (χ4n) is 2.30. The van der Waals surface area contributed by atoms with Gasteiger partial charge in [-0.2, -0.15) is 8.42 Å². The SMILES string of the molecule is CS(=O)(=O)c1ccc(Br)c(S(=O)(=O)Oc2ccc3ccccc3c2)c1. The molecule has 3 rings (SSSR count). The average Bonchev–Trinajstić information content (AvgIpc) is 2.53. The topological polar surface area (TPSA) is 77.5 Å². The van der Waals surface area contributed by atoms with Crippen LogP contribution in [0.5, 0.6) is 5.75 Å². The Morgan fingerprint density at radius 3 is 2.20 bits per heavy atom. The van der Waals surface area contributed by atoms with Crippen LogP contribution in [-0.2, 0) is 20.0 Å². The van der Waals surface area contributed by atoms with Crippen LogP contribution in [0.15, 0.2) is 74.9 Å². The van der Waals surface area contributed by atoms with Crippen molar-refractivity contribution in [1.82, 2.24) is 0 Å². The van der Waals surface area contributed by atoms with Gasteiger partial charge in [-0.3, -0.25) is 0 Å². The van der Waals surface area contributed by atoms with E-state index in [-0.39, 0.29) is 20.0 Å². The number of halogens is 1. The molecule has 0 saturated heterocycles. The van der Waals surface area contributed by atoms with Gasteiger partial charge in [-0.15, -0.1) is 0 Å². The van der Waals surface area contributed by atoms with E-state index in [2.05, 4.69) is 15.9 Å². The molecule has 0 saturated carbocycles. The van der Waals surface area contributed by atoms with Gasteiger partial charge in [0.1, 0.15) is 10.6 Å². The van der Waals surface area contributed by atoms with Gasteiger partial charge in [0.05, 0.1) is 4.90 Å². The fraction of sp³-hybridized carbons (Fsp3) is 0.0588. The van der Waals surface area contributed by atoms with Crippen molar-refractivity contribution in [1.29, 1.82) is 0 Å². The number of hydrogen-bond acceptors (Lipinski definition) is 5. The van der Waals surface area contributed by atoms with E-state index >= 15 is 0 Å². The lowest BCUT2D eigenvalue weighted by Gasteiger charge is -2.10. The molecule has 0 fully saturated rings. The van der Waals surface area contributed by atoms with Crippen LogP contribution in [-0.4, -0.2) is 23.1 Å². The summed E-state index contributed by atoms with van der Waals surface area (Å²) in [5, 5.41) is 1.78. The number of fused-ring (bicyclic) bond motifs is 1. The molecule has 0 atom stereocenters. The second kappa shape index (κ2) is 6.44. The summed E-state index contributed by atoms with van der Waals surface area (Å²) in [5.41, 5.74) is 0. The van der Waals surface area contributed by atoms with Crippen molar-refractivity contribution in [3.8, 4) is 5.75 Å². The van der Waals surface area contributed by atoms with Gasteiger partial charge in [0, 0.05) is 10.7 Å². The standard InChI is InChI=1S/C17H13BrO5S2/c1-24(19,20)15-8-9-16(18)17(11-15)25(21,22)23-14-7-6-12-4-2-3-5-13(12)10-14/h2-11H,1H3. The van der Waals surface area contributed by atoms with E-state index in [1.54, 1.807) is 18.2 Å². The van der Waals surface area contributed by atoms with Crippen LogP contribution in [0, 0.1) is 0 Å². The molecule has 0 heterocycles. The third-order valence-corrected chi connectivity index (χ3v) is 6.88. The van der Waals surface area contributed by atoms with Crippen molar-refractivity contribution in [3.63, 3.8) is 0 Å². The molecule has 0 bridgehead atoms. The Balaban J connectivity index is 2.04. The van der Waals surface area contributed by atoms with Gasteiger partial charge >= 0.3 is 10.1 Å². The monoisotopic (exact) mass is 440 g/mol. The fourth-order valence-corrected chi connectivity index (χ4v) is 4.88. The third kappa shape index (κ3) is 3.86. The minimum atomic E-state index is -4.21. The second-order valence-corrected chi connectivity index (χ2v) is 9.80. The van der Waals surface area contributed by atoms with Crippen LogP contribution < -0.4 is 4.18 Å². The van der Waals surface area contributed by atoms with Gasteiger partial charge in [0.15, 0.2) is 9.84 Å². The zero-order valence-corrected chi connectivity index (χ0v) is 16.2. The molecule has 0 aliphatic heterocycles. The van der Waals surface area contributed by atoms with Gasteiger partial charge in [-0.25, -0.2) is 8.42 Å². The molecular weight excluding hydrogens is 428 g/mol. The van der Waals surface area contributed by atoms with E-state index in [4.69, 9.17) is 4.18 Å². The Morgan fingerprint density at radius 1 is 0.840 bits per heavy atom. The highest BCUT2D eigenvalue weighted by Gasteiger charge is 2.23. The van der Waals surface area contributed by atoms with Gasteiger partial charge < -0.3 is 4.18 Å². The van der Waals surface area contributed by atoms with Crippen molar-refractivity contribution in [2.45, 2.75) is 9.79 Å². The van der Waals surface area contributed by atoms with Crippen LogP contribution in [0.4, 0.5) is 0 Å². The molecule has 0 spiro atoms. The summed E-state index contributed by atoms with van der Waals surface area (Å²) in [7, 11) is -7.75. The van der Waals surface area contributed by atoms with Crippen LogP contribution in [0.3, 0.4) is 0 Å². The Labute approximate surface area is 154 Å². The van der Waals surface area contributed by atoms with E-state index in [0.717, 1.165) is 23.1 Å². The van der Waals surface area contributed by atoms with E-state index in [9.17, 15) is 16.8 Å². The molecular formula is C17H13BrO5S2. The summed E-state index contributed by atoms with van der Waals surface area (Å²) in [4.78, 5) is -0.347. The molecule has 25 heavy (non-hydrogen) atoms. The summed E-state index contributed by atoms with van der Waals surface area (Å²) in [6.07, 6.45) is 1.01. The summed E-state index contributed by atoms with van der Waals surface area (Å²) in [6, 6.07) is 16.2. The smallest absolute Gasteiger partial charge is 0.340 e. The maximum absolute atomic E-state index is 12.6. The highest BCUT2D eigenvalue weighted by atomic mass is 79.9. The maximum atomic E-state index is 12.6. The lowest BCUT2D eigenvalue weighted by molar-refractivity contribution is 0.485. The van der Waals surface area contributed by atoms with Crippen molar-refractivity contribution < 1.29 is 21.0 Å². The summed E-state index contributed by atoms with van der Waals surface area (Å²) >= 11 is 3.13. The second-order valence-electron chi connectivity index (χ2n) is 5.41. The molecule has 130 valence electrons. The summed E-state index contributed by atoms with van der Waals surface area (Å²) in [6.45, 7) is 0. The summed E-state index contributed by atoms with van der Waals surface area (Å²) in [5.74, 6) is 0.148. The third-order valence-electron chi connectivity index (χ3n) is 3.53. The molecule has 0 aliphatic rings. The number of rotatable bonds is 4. The molecule has 0 radical (unpaired) electrons. The molecule has 0 amide bonds. The van der Waals surface area contributed by atoms with Crippen LogP contribution in [0.2, 0.25) is 0 Å². The van der Waals surface area contributed by atoms with Gasteiger partial charge in [-0.05, 0) is 57.0 Å². The largest absolute Gasteiger partial charge is 0.379 e. The highest BCUT2D eigenvalue weighted by molar-refractivity contribution is 9.10. The zero-order valence-electron chi connectivity index (χ0n) is 13.0. The lowest BCUT2D eigenvalue weighted by Crippen LogP contribution is -2.11. The molecule has 0 aliphatic carbocycles. The Hall–Kier alpha value is -1.90. The van der Waals surface area contributed by atoms with E-state index in [1.807, 2.05) is 24.3 Å². The molecule has 5 nitrogen and oxygen atoms in total. The lowest BCUT2D eigenvalue weighted by atomic mass is 10.1. The number of sulfone groups is 1. The Bertz CT molecular complexity index is 1170. The molecule has 0 aromatic heterocycles. The van der Waals surface area contributed by atoms with Crippen molar-refractivity contribution in [2.75, 3.05) is 6.26 Å². The van der Waals surface area contributed by atoms with Crippen LogP contribution in [0.1, 0.15) is 0 Å². The molecule has 8 heteroatoms. The maximum Gasteiger partial charge on any atom is 0.340 e. The Kier molecular flexibility index (Phi) is 4.61. The predicted octanol–water partition coefficient (Wildman–Crippen LogP) is 3.77. The first-order chi connectivity index (χ1) is 11.7. The van der Waals surface area contributed by atoms with Gasteiger partial charge in [0.25, 0.3) is 0 Å². The number of benzene rings is 3. The number of hydrogen-bond donors (Lipinski definition) is 0.